The van der Waals surface area contributed by atoms with Crippen molar-refractivity contribution >= 4 is 52.6 Å². The lowest BCUT2D eigenvalue weighted by Crippen LogP contribution is -2.48. The zero-order chi connectivity index (χ0) is 24.8. The van der Waals surface area contributed by atoms with E-state index in [1.165, 1.54) is 0 Å². The molecule has 0 bridgehead atoms. The van der Waals surface area contributed by atoms with Crippen LogP contribution in [0.1, 0.15) is 38.8 Å². The normalized spacial score (nSPS) is 15.6. The number of carbonyl (C=O) groups excluding carboxylic acids is 3. The van der Waals surface area contributed by atoms with Crippen LogP contribution in [0.3, 0.4) is 0 Å². The molecule has 0 fully saturated rings. The van der Waals surface area contributed by atoms with Crippen LogP contribution in [0.4, 0.5) is 21.0 Å². The van der Waals surface area contributed by atoms with Crippen LogP contribution in [-0.4, -0.2) is 36.1 Å². The third-order valence-corrected chi connectivity index (χ3v) is 5.96. The summed E-state index contributed by atoms with van der Waals surface area (Å²) in [7, 11) is 0. The van der Waals surface area contributed by atoms with E-state index in [1.807, 2.05) is 6.92 Å². The van der Waals surface area contributed by atoms with Crippen LogP contribution in [0.15, 0.2) is 53.7 Å². The minimum atomic E-state index is -0.668. The summed E-state index contributed by atoms with van der Waals surface area (Å²) in [5.41, 5.74) is 2.65. The van der Waals surface area contributed by atoms with Crippen LogP contribution in [0.25, 0.3) is 0 Å². The van der Waals surface area contributed by atoms with Gasteiger partial charge in [0.1, 0.15) is 0 Å². The van der Waals surface area contributed by atoms with Crippen molar-refractivity contribution in [2.75, 3.05) is 23.8 Å². The van der Waals surface area contributed by atoms with Gasteiger partial charge in [-0.25, -0.2) is 14.4 Å². The van der Waals surface area contributed by atoms with E-state index in [4.69, 9.17) is 27.9 Å². The Labute approximate surface area is 208 Å². The maximum absolute atomic E-state index is 12.7. The van der Waals surface area contributed by atoms with Gasteiger partial charge in [0.2, 0.25) is 0 Å². The summed E-state index contributed by atoms with van der Waals surface area (Å²) in [6.45, 7) is 6.15. The number of esters is 1. The van der Waals surface area contributed by atoms with Crippen LogP contribution < -0.4 is 16.0 Å². The number of ether oxygens (including phenoxy) is 1. The Morgan fingerprint density at radius 2 is 1.68 bits per heavy atom. The number of halogens is 2. The van der Waals surface area contributed by atoms with Crippen LogP contribution >= 0.6 is 23.2 Å². The summed E-state index contributed by atoms with van der Waals surface area (Å²) in [6, 6.07) is 10.2. The predicted molar refractivity (Wildman–Crippen MR) is 133 cm³/mol. The SMILES string of the molecule is CCCN1C(=O)NC(c2ccc(NC(=O)Nc3ccc(Cl)c(Cl)c3)cc2)C(C(=O)OCC)=C1C. The molecule has 34 heavy (non-hydrogen) atoms. The fourth-order valence-electron chi connectivity index (χ4n) is 3.62. The summed E-state index contributed by atoms with van der Waals surface area (Å²) in [6.07, 6.45) is 0.746. The first kappa shape index (κ1) is 25.4. The lowest BCUT2D eigenvalue weighted by Gasteiger charge is -2.35. The fourth-order valence-corrected chi connectivity index (χ4v) is 3.92. The van der Waals surface area contributed by atoms with E-state index < -0.39 is 18.0 Å². The van der Waals surface area contributed by atoms with Crippen molar-refractivity contribution in [3.63, 3.8) is 0 Å². The van der Waals surface area contributed by atoms with Gasteiger partial charge in [0.05, 0.1) is 28.3 Å². The molecule has 180 valence electrons. The van der Waals surface area contributed by atoms with Gasteiger partial charge in [0.25, 0.3) is 0 Å². The van der Waals surface area contributed by atoms with Gasteiger partial charge in [-0.3, -0.25) is 4.90 Å². The van der Waals surface area contributed by atoms with E-state index in [0.717, 1.165) is 6.42 Å². The maximum Gasteiger partial charge on any atom is 0.338 e. The minimum absolute atomic E-state index is 0.223. The standard InChI is InChI=1S/C24H26Cl2N4O4/c1-4-12-30-14(3)20(22(31)34-5-2)21(29-24(30)33)15-6-8-16(9-7-15)27-23(32)28-17-10-11-18(25)19(26)13-17/h6-11,13,21H,4-5,12H2,1-3H3,(H,29,33)(H2,27,28,32). The molecule has 3 N–H and O–H groups in total. The van der Waals surface area contributed by atoms with Gasteiger partial charge in [-0.1, -0.05) is 42.3 Å². The molecule has 0 radical (unpaired) electrons. The average molecular weight is 505 g/mol. The minimum Gasteiger partial charge on any atom is -0.463 e. The predicted octanol–water partition coefficient (Wildman–Crippen LogP) is 5.95. The molecular weight excluding hydrogens is 479 g/mol. The monoisotopic (exact) mass is 504 g/mol. The van der Waals surface area contributed by atoms with Gasteiger partial charge in [-0.05, 0) is 56.2 Å². The Kier molecular flexibility index (Phi) is 8.41. The van der Waals surface area contributed by atoms with Crippen LogP contribution in [0, 0.1) is 0 Å². The number of amides is 4. The Balaban J connectivity index is 1.78. The van der Waals surface area contributed by atoms with Crippen molar-refractivity contribution in [3.05, 3.63) is 69.3 Å². The second-order valence-electron chi connectivity index (χ2n) is 7.58. The van der Waals surface area contributed by atoms with Crippen molar-refractivity contribution in [1.82, 2.24) is 10.2 Å². The number of anilines is 2. The lowest BCUT2D eigenvalue weighted by molar-refractivity contribution is -0.139. The van der Waals surface area contributed by atoms with Gasteiger partial charge >= 0.3 is 18.0 Å². The number of hydrogen-bond donors (Lipinski definition) is 3. The van der Waals surface area contributed by atoms with E-state index in [-0.39, 0.29) is 12.6 Å². The van der Waals surface area contributed by atoms with E-state index >= 15 is 0 Å². The van der Waals surface area contributed by atoms with Crippen LogP contribution in [0.5, 0.6) is 0 Å². The fraction of sp³-hybridized carbons (Fsp3) is 0.292. The highest BCUT2D eigenvalue weighted by Crippen LogP contribution is 2.32. The van der Waals surface area contributed by atoms with Crippen molar-refractivity contribution in [2.24, 2.45) is 0 Å². The Morgan fingerprint density at radius 3 is 2.29 bits per heavy atom. The highest BCUT2D eigenvalue weighted by atomic mass is 35.5. The smallest absolute Gasteiger partial charge is 0.338 e. The summed E-state index contributed by atoms with van der Waals surface area (Å²) >= 11 is 11.9. The molecule has 10 heteroatoms. The molecule has 1 unspecified atom stereocenters. The highest BCUT2D eigenvalue weighted by Gasteiger charge is 2.36. The molecule has 0 aromatic heterocycles. The molecule has 0 aliphatic carbocycles. The van der Waals surface area contributed by atoms with Crippen molar-refractivity contribution in [3.8, 4) is 0 Å². The summed E-state index contributed by atoms with van der Waals surface area (Å²) in [5, 5.41) is 9.02. The zero-order valence-electron chi connectivity index (χ0n) is 19.1. The Bertz CT molecular complexity index is 1120. The molecule has 8 nitrogen and oxygen atoms in total. The number of hydrogen-bond acceptors (Lipinski definition) is 4. The topological polar surface area (TPSA) is 99.8 Å². The summed E-state index contributed by atoms with van der Waals surface area (Å²) in [4.78, 5) is 39.3. The second-order valence-corrected chi connectivity index (χ2v) is 8.40. The molecule has 0 saturated heterocycles. The number of nitrogens with zero attached hydrogens (tertiary/aromatic N) is 1. The Morgan fingerprint density at radius 1 is 1.03 bits per heavy atom. The molecule has 1 atom stereocenters. The maximum atomic E-state index is 12.7. The molecule has 4 amide bonds. The number of urea groups is 2. The van der Waals surface area contributed by atoms with E-state index in [9.17, 15) is 14.4 Å². The lowest BCUT2D eigenvalue weighted by atomic mass is 9.94. The van der Waals surface area contributed by atoms with E-state index in [0.29, 0.717) is 44.8 Å². The number of carbonyl (C=O) groups is 3. The first-order chi connectivity index (χ1) is 16.2. The van der Waals surface area contributed by atoms with E-state index in [2.05, 4.69) is 16.0 Å². The third-order valence-electron chi connectivity index (χ3n) is 5.22. The third kappa shape index (κ3) is 5.81. The number of nitrogens with one attached hydrogen (secondary N) is 3. The molecule has 1 aliphatic heterocycles. The van der Waals surface area contributed by atoms with E-state index in [1.54, 1.807) is 61.2 Å². The summed E-state index contributed by atoms with van der Waals surface area (Å²) in [5.74, 6) is -0.477. The molecule has 1 heterocycles. The van der Waals surface area contributed by atoms with Gasteiger partial charge in [-0.15, -0.1) is 0 Å². The molecule has 0 saturated carbocycles. The van der Waals surface area contributed by atoms with Gasteiger partial charge in [0.15, 0.2) is 0 Å². The second kappa shape index (κ2) is 11.3. The highest BCUT2D eigenvalue weighted by molar-refractivity contribution is 6.42. The first-order valence-corrected chi connectivity index (χ1v) is 11.6. The van der Waals surface area contributed by atoms with Crippen molar-refractivity contribution in [1.29, 1.82) is 0 Å². The average Bonchev–Trinajstić information content (AvgIpc) is 2.79. The first-order valence-electron chi connectivity index (χ1n) is 10.8. The summed E-state index contributed by atoms with van der Waals surface area (Å²) < 4.78 is 5.26. The molecule has 3 rings (SSSR count). The molecule has 0 spiro atoms. The van der Waals surface area contributed by atoms with Crippen LogP contribution in [0.2, 0.25) is 10.0 Å². The number of rotatable bonds is 7. The van der Waals surface area contributed by atoms with Crippen LogP contribution in [-0.2, 0) is 9.53 Å². The van der Waals surface area contributed by atoms with Crippen molar-refractivity contribution in [2.45, 2.75) is 33.2 Å². The van der Waals surface area contributed by atoms with Gasteiger partial charge < -0.3 is 20.7 Å². The zero-order valence-corrected chi connectivity index (χ0v) is 20.6. The quantitative estimate of drug-likeness (QED) is 0.405. The molecule has 2 aromatic rings. The number of benzene rings is 2. The van der Waals surface area contributed by atoms with Gasteiger partial charge in [0, 0.05) is 23.6 Å². The van der Waals surface area contributed by atoms with Gasteiger partial charge in [-0.2, -0.15) is 0 Å². The molecular formula is C24H26Cl2N4O4. The van der Waals surface area contributed by atoms with Crippen molar-refractivity contribution < 1.29 is 19.1 Å². The molecule has 1 aliphatic rings. The largest absolute Gasteiger partial charge is 0.463 e. The Hall–Kier alpha value is -3.23. The molecule has 2 aromatic carbocycles. The number of allylic oxidation sites excluding steroid dienone is 1.